The fourth-order valence-corrected chi connectivity index (χ4v) is 1.07. The van der Waals surface area contributed by atoms with E-state index >= 15 is 0 Å². The number of ether oxygens (including phenoxy) is 1. The average Bonchev–Trinajstić information content (AvgIpc) is 2.13. The first kappa shape index (κ1) is 6.78. The maximum absolute atomic E-state index is 5.35. The third-order valence-corrected chi connectivity index (χ3v) is 1.54. The molecular formula is C7H13NO. The molecule has 0 aromatic heterocycles. The standard InChI is InChI=1S/C7H13NO/c1-6(2)7-8(3)4-5-9-7/h7H,1,4-5H2,2-3H3. The van der Waals surface area contributed by atoms with Gasteiger partial charge < -0.3 is 4.74 Å². The zero-order valence-electron chi connectivity index (χ0n) is 6.05. The van der Waals surface area contributed by atoms with Crippen LogP contribution in [0.1, 0.15) is 6.92 Å². The summed E-state index contributed by atoms with van der Waals surface area (Å²) in [6.45, 7) is 7.68. The zero-order valence-corrected chi connectivity index (χ0v) is 6.05. The Hall–Kier alpha value is -0.340. The summed E-state index contributed by atoms with van der Waals surface area (Å²) in [5, 5.41) is 0. The lowest BCUT2D eigenvalue weighted by Gasteiger charge is -2.16. The van der Waals surface area contributed by atoms with E-state index in [0.717, 1.165) is 18.7 Å². The van der Waals surface area contributed by atoms with E-state index in [-0.39, 0.29) is 6.23 Å². The molecule has 0 radical (unpaired) electrons. The molecule has 0 spiro atoms. The summed E-state index contributed by atoms with van der Waals surface area (Å²) in [6.07, 6.45) is 0.171. The highest BCUT2D eigenvalue weighted by Crippen LogP contribution is 2.12. The van der Waals surface area contributed by atoms with E-state index in [0.29, 0.717) is 0 Å². The number of nitrogens with zero attached hydrogens (tertiary/aromatic N) is 1. The van der Waals surface area contributed by atoms with Crippen molar-refractivity contribution in [3.63, 3.8) is 0 Å². The van der Waals surface area contributed by atoms with Gasteiger partial charge in [-0.25, -0.2) is 0 Å². The molecule has 1 fully saturated rings. The maximum atomic E-state index is 5.35. The van der Waals surface area contributed by atoms with Crippen LogP contribution in [-0.4, -0.2) is 31.3 Å². The van der Waals surface area contributed by atoms with Crippen molar-refractivity contribution in [3.8, 4) is 0 Å². The molecule has 0 N–H and O–H groups in total. The highest BCUT2D eigenvalue weighted by atomic mass is 16.5. The van der Waals surface area contributed by atoms with E-state index < -0.39 is 0 Å². The van der Waals surface area contributed by atoms with Crippen LogP contribution in [0.25, 0.3) is 0 Å². The van der Waals surface area contributed by atoms with Gasteiger partial charge in [0.25, 0.3) is 0 Å². The van der Waals surface area contributed by atoms with Gasteiger partial charge in [0.15, 0.2) is 0 Å². The van der Waals surface area contributed by atoms with E-state index in [1.807, 2.05) is 14.0 Å². The maximum Gasteiger partial charge on any atom is 0.132 e. The summed E-state index contributed by atoms with van der Waals surface area (Å²) in [6, 6.07) is 0. The normalized spacial score (nSPS) is 28.9. The fourth-order valence-electron chi connectivity index (χ4n) is 1.07. The number of rotatable bonds is 1. The van der Waals surface area contributed by atoms with Gasteiger partial charge in [-0.15, -0.1) is 0 Å². The van der Waals surface area contributed by atoms with Crippen LogP contribution in [-0.2, 0) is 4.74 Å². The summed E-state index contributed by atoms with van der Waals surface area (Å²) >= 11 is 0. The minimum atomic E-state index is 0.171. The first-order valence-electron chi connectivity index (χ1n) is 3.19. The molecule has 1 rings (SSSR count). The van der Waals surface area contributed by atoms with Crippen molar-refractivity contribution in [2.24, 2.45) is 0 Å². The van der Waals surface area contributed by atoms with Gasteiger partial charge in [-0.1, -0.05) is 6.58 Å². The van der Waals surface area contributed by atoms with Gasteiger partial charge in [-0.3, -0.25) is 4.90 Å². The molecule has 0 aliphatic carbocycles. The predicted molar refractivity (Wildman–Crippen MR) is 37.2 cm³/mol. The molecule has 9 heavy (non-hydrogen) atoms. The molecule has 0 saturated carbocycles. The van der Waals surface area contributed by atoms with Crippen LogP contribution in [0.3, 0.4) is 0 Å². The Morgan fingerprint density at radius 3 is 2.67 bits per heavy atom. The second-order valence-electron chi connectivity index (χ2n) is 2.55. The lowest BCUT2D eigenvalue weighted by molar-refractivity contribution is 0.0771. The highest BCUT2D eigenvalue weighted by Gasteiger charge is 2.21. The molecule has 1 aliphatic heterocycles. The van der Waals surface area contributed by atoms with Crippen LogP contribution in [0.15, 0.2) is 12.2 Å². The Kier molecular flexibility index (Phi) is 1.88. The van der Waals surface area contributed by atoms with E-state index in [4.69, 9.17) is 4.74 Å². The third-order valence-electron chi connectivity index (χ3n) is 1.54. The monoisotopic (exact) mass is 127 g/mol. The van der Waals surface area contributed by atoms with Crippen LogP contribution in [0, 0.1) is 0 Å². The molecule has 2 heteroatoms. The topological polar surface area (TPSA) is 12.5 Å². The largest absolute Gasteiger partial charge is 0.358 e. The Morgan fingerprint density at radius 2 is 2.44 bits per heavy atom. The summed E-state index contributed by atoms with van der Waals surface area (Å²) in [5.74, 6) is 0. The molecular weight excluding hydrogens is 114 g/mol. The van der Waals surface area contributed by atoms with Crippen LogP contribution in [0.2, 0.25) is 0 Å². The molecule has 1 unspecified atom stereocenters. The minimum Gasteiger partial charge on any atom is -0.358 e. The second-order valence-corrected chi connectivity index (χ2v) is 2.55. The molecule has 1 heterocycles. The predicted octanol–water partition coefficient (Wildman–Crippen LogP) is 0.851. The average molecular weight is 127 g/mol. The first-order chi connectivity index (χ1) is 4.22. The molecule has 1 saturated heterocycles. The highest BCUT2D eigenvalue weighted by molar-refractivity contribution is 4.98. The van der Waals surface area contributed by atoms with Crippen molar-refractivity contribution in [3.05, 3.63) is 12.2 Å². The van der Waals surface area contributed by atoms with E-state index in [1.165, 1.54) is 0 Å². The van der Waals surface area contributed by atoms with Crippen molar-refractivity contribution in [2.75, 3.05) is 20.2 Å². The van der Waals surface area contributed by atoms with Crippen molar-refractivity contribution in [2.45, 2.75) is 13.2 Å². The Morgan fingerprint density at radius 1 is 1.78 bits per heavy atom. The summed E-state index contributed by atoms with van der Waals surface area (Å²) in [4.78, 5) is 2.16. The van der Waals surface area contributed by atoms with Gasteiger partial charge in [-0.05, 0) is 19.5 Å². The van der Waals surface area contributed by atoms with Crippen molar-refractivity contribution in [1.29, 1.82) is 0 Å². The molecule has 0 bridgehead atoms. The van der Waals surface area contributed by atoms with Gasteiger partial charge in [0.05, 0.1) is 6.61 Å². The van der Waals surface area contributed by atoms with Crippen molar-refractivity contribution in [1.82, 2.24) is 4.90 Å². The van der Waals surface area contributed by atoms with E-state index in [1.54, 1.807) is 0 Å². The quantitative estimate of drug-likeness (QED) is 0.484. The Bertz CT molecular complexity index is 122. The molecule has 0 amide bonds. The van der Waals surface area contributed by atoms with Gasteiger partial charge in [0.1, 0.15) is 6.23 Å². The second kappa shape index (κ2) is 2.50. The van der Waals surface area contributed by atoms with E-state index in [9.17, 15) is 0 Å². The summed E-state index contributed by atoms with van der Waals surface area (Å²) in [7, 11) is 2.05. The van der Waals surface area contributed by atoms with Crippen molar-refractivity contribution < 1.29 is 4.74 Å². The van der Waals surface area contributed by atoms with Gasteiger partial charge >= 0.3 is 0 Å². The molecule has 1 aliphatic rings. The van der Waals surface area contributed by atoms with Crippen LogP contribution in [0.5, 0.6) is 0 Å². The lowest BCUT2D eigenvalue weighted by atomic mass is 10.3. The van der Waals surface area contributed by atoms with Gasteiger partial charge in [-0.2, -0.15) is 0 Å². The van der Waals surface area contributed by atoms with Gasteiger partial charge in [0, 0.05) is 6.54 Å². The SMILES string of the molecule is C=C(C)C1OCCN1C. The molecule has 1 atom stereocenters. The summed E-state index contributed by atoms with van der Waals surface area (Å²) < 4.78 is 5.35. The van der Waals surface area contributed by atoms with Crippen LogP contribution < -0.4 is 0 Å². The number of hydrogen-bond donors (Lipinski definition) is 0. The number of hydrogen-bond acceptors (Lipinski definition) is 2. The zero-order chi connectivity index (χ0) is 6.85. The summed E-state index contributed by atoms with van der Waals surface area (Å²) in [5.41, 5.74) is 1.09. The Balaban J connectivity index is 2.49. The first-order valence-corrected chi connectivity index (χ1v) is 3.19. The molecule has 0 aromatic carbocycles. The van der Waals surface area contributed by atoms with Crippen LogP contribution >= 0.6 is 0 Å². The minimum absolute atomic E-state index is 0.171. The Labute approximate surface area is 56.1 Å². The van der Waals surface area contributed by atoms with E-state index in [2.05, 4.69) is 11.5 Å². The van der Waals surface area contributed by atoms with Gasteiger partial charge in [0.2, 0.25) is 0 Å². The molecule has 2 nitrogen and oxygen atoms in total. The van der Waals surface area contributed by atoms with Crippen molar-refractivity contribution >= 4 is 0 Å². The fraction of sp³-hybridized carbons (Fsp3) is 0.714. The van der Waals surface area contributed by atoms with Crippen LogP contribution in [0.4, 0.5) is 0 Å². The molecule has 0 aromatic rings. The number of likely N-dealkylation sites (N-methyl/N-ethyl adjacent to an activating group) is 1. The molecule has 52 valence electrons. The smallest absolute Gasteiger partial charge is 0.132 e. The third kappa shape index (κ3) is 1.32. The lowest BCUT2D eigenvalue weighted by Crippen LogP contribution is -2.26.